The third-order valence-corrected chi connectivity index (χ3v) is 2.33. The van der Waals surface area contributed by atoms with E-state index in [0.717, 1.165) is 17.0 Å². The summed E-state index contributed by atoms with van der Waals surface area (Å²) in [5, 5.41) is 3.11. The van der Waals surface area contributed by atoms with Gasteiger partial charge in [0.25, 0.3) is 0 Å². The SMILES string of the molecule is COc1ccc(C)cc1Nc1nccnc1N. The van der Waals surface area contributed by atoms with Crippen LogP contribution in [0.4, 0.5) is 17.3 Å². The van der Waals surface area contributed by atoms with E-state index >= 15 is 0 Å². The maximum atomic E-state index is 5.72. The average molecular weight is 230 g/mol. The molecule has 1 aromatic heterocycles. The molecule has 0 amide bonds. The minimum absolute atomic E-state index is 0.357. The first-order valence-corrected chi connectivity index (χ1v) is 5.19. The molecule has 0 spiro atoms. The molecule has 0 aliphatic carbocycles. The summed E-state index contributed by atoms with van der Waals surface area (Å²) in [6, 6.07) is 5.83. The fourth-order valence-corrected chi connectivity index (χ4v) is 1.49. The van der Waals surface area contributed by atoms with Crippen LogP contribution in [0.15, 0.2) is 30.6 Å². The first-order valence-electron chi connectivity index (χ1n) is 5.19. The maximum Gasteiger partial charge on any atom is 0.173 e. The molecule has 0 unspecified atom stereocenters. The van der Waals surface area contributed by atoms with Crippen LogP contribution in [0, 0.1) is 6.92 Å². The molecule has 0 radical (unpaired) electrons. The molecule has 2 rings (SSSR count). The van der Waals surface area contributed by atoms with Crippen molar-refractivity contribution in [2.75, 3.05) is 18.2 Å². The van der Waals surface area contributed by atoms with Gasteiger partial charge in [0.05, 0.1) is 12.8 Å². The van der Waals surface area contributed by atoms with E-state index in [4.69, 9.17) is 10.5 Å². The highest BCUT2D eigenvalue weighted by Gasteiger charge is 2.06. The average Bonchev–Trinajstić information content (AvgIpc) is 2.32. The molecule has 1 heterocycles. The first kappa shape index (κ1) is 11.2. The summed E-state index contributed by atoms with van der Waals surface area (Å²) in [6.45, 7) is 2.00. The van der Waals surface area contributed by atoms with Gasteiger partial charge in [0.2, 0.25) is 0 Å². The second-order valence-corrected chi connectivity index (χ2v) is 3.62. The standard InChI is InChI=1S/C12H14N4O/c1-8-3-4-10(17-2)9(7-8)16-12-11(13)14-5-6-15-12/h3-7H,1-2H3,(H2,13,14)(H,15,16). The highest BCUT2D eigenvalue weighted by Crippen LogP contribution is 2.28. The van der Waals surface area contributed by atoms with E-state index in [1.807, 2.05) is 25.1 Å². The lowest BCUT2D eigenvalue weighted by Crippen LogP contribution is -2.02. The lowest BCUT2D eigenvalue weighted by Gasteiger charge is -2.11. The molecule has 0 atom stereocenters. The molecule has 0 aliphatic heterocycles. The van der Waals surface area contributed by atoms with Crippen molar-refractivity contribution in [1.82, 2.24) is 9.97 Å². The van der Waals surface area contributed by atoms with Crippen LogP contribution >= 0.6 is 0 Å². The number of rotatable bonds is 3. The highest BCUT2D eigenvalue weighted by molar-refractivity contribution is 5.70. The maximum absolute atomic E-state index is 5.72. The zero-order valence-corrected chi connectivity index (χ0v) is 9.77. The number of methoxy groups -OCH3 is 1. The third kappa shape index (κ3) is 2.44. The molecule has 5 nitrogen and oxygen atoms in total. The largest absolute Gasteiger partial charge is 0.495 e. The van der Waals surface area contributed by atoms with E-state index in [9.17, 15) is 0 Å². The monoisotopic (exact) mass is 230 g/mol. The van der Waals surface area contributed by atoms with E-state index in [2.05, 4.69) is 15.3 Å². The van der Waals surface area contributed by atoms with E-state index < -0.39 is 0 Å². The number of benzene rings is 1. The highest BCUT2D eigenvalue weighted by atomic mass is 16.5. The summed E-state index contributed by atoms with van der Waals surface area (Å²) < 4.78 is 5.26. The number of anilines is 3. The number of aromatic nitrogens is 2. The Morgan fingerprint density at radius 3 is 2.71 bits per heavy atom. The quantitative estimate of drug-likeness (QED) is 0.844. The fraction of sp³-hybridized carbons (Fsp3) is 0.167. The molecule has 2 aromatic rings. The van der Waals surface area contributed by atoms with Crippen molar-refractivity contribution < 1.29 is 4.74 Å². The van der Waals surface area contributed by atoms with Crippen LogP contribution < -0.4 is 15.8 Å². The van der Waals surface area contributed by atoms with Crippen molar-refractivity contribution in [3.63, 3.8) is 0 Å². The Hall–Kier alpha value is -2.30. The van der Waals surface area contributed by atoms with Crippen LogP contribution in [0.3, 0.4) is 0 Å². The summed E-state index contributed by atoms with van der Waals surface area (Å²) in [6.07, 6.45) is 3.13. The van der Waals surface area contributed by atoms with Crippen molar-refractivity contribution in [2.45, 2.75) is 6.92 Å². The van der Waals surface area contributed by atoms with Crippen molar-refractivity contribution >= 4 is 17.3 Å². The smallest absolute Gasteiger partial charge is 0.173 e. The van der Waals surface area contributed by atoms with Crippen molar-refractivity contribution in [1.29, 1.82) is 0 Å². The van der Waals surface area contributed by atoms with Crippen LogP contribution in [-0.4, -0.2) is 17.1 Å². The summed E-state index contributed by atoms with van der Waals surface area (Å²) in [7, 11) is 1.62. The van der Waals surface area contributed by atoms with E-state index in [1.54, 1.807) is 19.5 Å². The Morgan fingerprint density at radius 2 is 2.00 bits per heavy atom. The third-order valence-electron chi connectivity index (χ3n) is 2.33. The van der Waals surface area contributed by atoms with Crippen LogP contribution in [0.5, 0.6) is 5.75 Å². The normalized spacial score (nSPS) is 10.0. The lowest BCUT2D eigenvalue weighted by molar-refractivity contribution is 0.416. The summed E-state index contributed by atoms with van der Waals surface area (Å²) in [5.74, 6) is 1.62. The fourth-order valence-electron chi connectivity index (χ4n) is 1.49. The van der Waals surface area contributed by atoms with Gasteiger partial charge in [-0.2, -0.15) is 0 Å². The van der Waals surface area contributed by atoms with Crippen LogP contribution in [-0.2, 0) is 0 Å². The summed E-state index contributed by atoms with van der Waals surface area (Å²) in [5.41, 5.74) is 7.66. The molecule has 88 valence electrons. The van der Waals surface area contributed by atoms with Crippen LogP contribution in [0.25, 0.3) is 0 Å². The zero-order valence-electron chi connectivity index (χ0n) is 9.77. The topological polar surface area (TPSA) is 73.1 Å². The number of ether oxygens (including phenoxy) is 1. The molecule has 0 saturated heterocycles. The van der Waals surface area contributed by atoms with Gasteiger partial charge in [-0.3, -0.25) is 0 Å². The second-order valence-electron chi connectivity index (χ2n) is 3.62. The molecule has 0 bridgehead atoms. The van der Waals surface area contributed by atoms with Crippen LogP contribution in [0.1, 0.15) is 5.56 Å². The van der Waals surface area contributed by atoms with Gasteiger partial charge in [0.15, 0.2) is 11.6 Å². The molecular formula is C12H14N4O. The van der Waals surface area contributed by atoms with Gasteiger partial charge in [-0.05, 0) is 24.6 Å². The van der Waals surface area contributed by atoms with Crippen molar-refractivity contribution in [3.05, 3.63) is 36.2 Å². The van der Waals surface area contributed by atoms with Gasteiger partial charge in [-0.15, -0.1) is 0 Å². The van der Waals surface area contributed by atoms with E-state index in [0.29, 0.717) is 11.6 Å². The predicted molar refractivity (Wildman–Crippen MR) is 67.5 cm³/mol. The Kier molecular flexibility index (Phi) is 3.09. The molecular weight excluding hydrogens is 216 g/mol. The lowest BCUT2D eigenvalue weighted by atomic mass is 10.2. The number of nitrogens with two attached hydrogens (primary N) is 1. The minimum atomic E-state index is 0.357. The van der Waals surface area contributed by atoms with Gasteiger partial charge in [0, 0.05) is 12.4 Å². The molecule has 17 heavy (non-hydrogen) atoms. The van der Waals surface area contributed by atoms with Crippen molar-refractivity contribution in [3.8, 4) is 5.75 Å². The number of nitrogens with one attached hydrogen (secondary N) is 1. The molecule has 5 heteroatoms. The van der Waals surface area contributed by atoms with Gasteiger partial charge < -0.3 is 15.8 Å². The van der Waals surface area contributed by atoms with Crippen molar-refractivity contribution in [2.24, 2.45) is 0 Å². The minimum Gasteiger partial charge on any atom is -0.495 e. The van der Waals surface area contributed by atoms with Gasteiger partial charge in [-0.25, -0.2) is 9.97 Å². The number of nitrogens with zero attached hydrogens (tertiary/aromatic N) is 2. The molecule has 1 aromatic carbocycles. The Labute approximate surface area is 99.7 Å². The second kappa shape index (κ2) is 4.69. The van der Waals surface area contributed by atoms with Gasteiger partial charge >= 0.3 is 0 Å². The molecule has 0 aliphatic rings. The number of nitrogen functional groups attached to an aromatic ring is 1. The Bertz CT molecular complexity index is 528. The Balaban J connectivity index is 2.35. The van der Waals surface area contributed by atoms with E-state index in [-0.39, 0.29) is 0 Å². The molecule has 0 saturated carbocycles. The van der Waals surface area contributed by atoms with Crippen LogP contribution in [0.2, 0.25) is 0 Å². The predicted octanol–water partition coefficient (Wildman–Crippen LogP) is 2.12. The number of hydrogen-bond donors (Lipinski definition) is 2. The van der Waals surface area contributed by atoms with E-state index in [1.165, 1.54) is 0 Å². The first-order chi connectivity index (χ1) is 8.20. The summed E-state index contributed by atoms with van der Waals surface area (Å²) in [4.78, 5) is 8.09. The zero-order chi connectivity index (χ0) is 12.3. The molecule has 3 N–H and O–H groups in total. The molecule has 0 fully saturated rings. The van der Waals surface area contributed by atoms with Gasteiger partial charge in [-0.1, -0.05) is 6.07 Å². The Morgan fingerprint density at radius 1 is 1.24 bits per heavy atom. The number of aryl methyl sites for hydroxylation is 1. The van der Waals surface area contributed by atoms with Gasteiger partial charge in [0.1, 0.15) is 5.75 Å². The number of hydrogen-bond acceptors (Lipinski definition) is 5. The summed E-state index contributed by atoms with van der Waals surface area (Å²) >= 11 is 0.